The number of unbranched alkanes of at least 4 members (excludes halogenated alkanes) is 3. The first kappa shape index (κ1) is 21.0. The number of aryl methyl sites for hydroxylation is 1. The van der Waals surface area contributed by atoms with E-state index < -0.39 is 0 Å². The van der Waals surface area contributed by atoms with Gasteiger partial charge in [0.1, 0.15) is 0 Å². The zero-order valence-corrected chi connectivity index (χ0v) is 15.8. The molecule has 0 bridgehead atoms. The number of amides is 1. The Kier molecular flexibility index (Phi) is 9.38. The summed E-state index contributed by atoms with van der Waals surface area (Å²) in [5, 5.41) is 0. The topological polar surface area (TPSA) is 46.3 Å². The number of nitrogens with two attached hydrogens (primary N) is 1. The lowest BCUT2D eigenvalue weighted by atomic mass is 9.83. The third-order valence-corrected chi connectivity index (χ3v) is 5.12. The summed E-state index contributed by atoms with van der Waals surface area (Å²) in [4.78, 5) is 14.4. The maximum absolute atomic E-state index is 12.3. The summed E-state index contributed by atoms with van der Waals surface area (Å²) in [5.74, 6) is 0.348. The molecule has 0 aromatic heterocycles. The molecule has 1 heterocycles. The molecule has 2 N–H and O–H groups in total. The molecule has 4 heteroatoms. The molecule has 1 atom stereocenters. The van der Waals surface area contributed by atoms with E-state index in [9.17, 15) is 4.79 Å². The minimum atomic E-state index is 0. The normalized spacial score (nSPS) is 20.0. The van der Waals surface area contributed by atoms with Crippen LogP contribution in [0.15, 0.2) is 30.3 Å². The predicted octanol–water partition coefficient (Wildman–Crippen LogP) is 4.19. The van der Waals surface area contributed by atoms with Crippen molar-refractivity contribution in [2.24, 2.45) is 11.1 Å². The molecule has 1 fully saturated rings. The van der Waals surface area contributed by atoms with E-state index in [4.69, 9.17) is 5.73 Å². The van der Waals surface area contributed by atoms with Crippen molar-refractivity contribution in [3.8, 4) is 0 Å². The Morgan fingerprint density at radius 1 is 1.17 bits per heavy atom. The summed E-state index contributed by atoms with van der Waals surface area (Å²) in [5.41, 5.74) is 7.18. The lowest BCUT2D eigenvalue weighted by Crippen LogP contribution is -2.31. The van der Waals surface area contributed by atoms with Crippen LogP contribution >= 0.6 is 12.4 Å². The van der Waals surface area contributed by atoms with E-state index in [2.05, 4.69) is 42.2 Å². The summed E-state index contributed by atoms with van der Waals surface area (Å²) in [7, 11) is 0. The number of halogens is 1. The summed E-state index contributed by atoms with van der Waals surface area (Å²) < 4.78 is 0. The van der Waals surface area contributed by atoms with Gasteiger partial charge in [-0.1, -0.05) is 50.1 Å². The Labute approximate surface area is 153 Å². The average molecular weight is 353 g/mol. The van der Waals surface area contributed by atoms with Crippen LogP contribution in [0.3, 0.4) is 0 Å². The maximum Gasteiger partial charge on any atom is 0.222 e. The van der Waals surface area contributed by atoms with Crippen LogP contribution in [0.5, 0.6) is 0 Å². The lowest BCUT2D eigenvalue weighted by Gasteiger charge is -2.24. The van der Waals surface area contributed by atoms with Crippen LogP contribution in [-0.2, 0) is 11.2 Å². The number of carbonyl (C=O) groups excluding carboxylic acids is 1. The van der Waals surface area contributed by atoms with Gasteiger partial charge in [-0.15, -0.1) is 12.4 Å². The molecule has 3 nitrogen and oxygen atoms in total. The van der Waals surface area contributed by atoms with E-state index >= 15 is 0 Å². The van der Waals surface area contributed by atoms with Gasteiger partial charge in [0, 0.05) is 19.5 Å². The van der Waals surface area contributed by atoms with Crippen molar-refractivity contribution in [1.82, 2.24) is 4.90 Å². The van der Waals surface area contributed by atoms with E-state index in [1.54, 1.807) is 0 Å². The first-order chi connectivity index (χ1) is 11.1. The van der Waals surface area contributed by atoms with Gasteiger partial charge in [0.25, 0.3) is 0 Å². The van der Waals surface area contributed by atoms with Gasteiger partial charge in [0.05, 0.1) is 0 Å². The summed E-state index contributed by atoms with van der Waals surface area (Å²) in [6.45, 7) is 4.97. The standard InChI is InChI=1S/C20H32N2O.ClH/c1-20(13-12-18-9-5-4-6-10-18)14-16-22(17-20)19(23)11-7-2-3-8-15-21;/h4-6,9-10H,2-3,7-8,11-17,21H2,1H3;1H. The quantitative estimate of drug-likeness (QED) is 0.677. The first-order valence-electron chi connectivity index (χ1n) is 9.15. The molecule has 1 aromatic rings. The maximum atomic E-state index is 12.3. The first-order valence-corrected chi connectivity index (χ1v) is 9.15. The second kappa shape index (κ2) is 10.7. The molecular weight excluding hydrogens is 320 g/mol. The van der Waals surface area contributed by atoms with E-state index in [1.165, 1.54) is 5.56 Å². The third kappa shape index (κ3) is 6.82. The Balaban J connectivity index is 0.00000288. The highest BCUT2D eigenvalue weighted by Crippen LogP contribution is 2.35. The van der Waals surface area contributed by atoms with Crippen molar-refractivity contribution >= 4 is 18.3 Å². The van der Waals surface area contributed by atoms with Crippen LogP contribution < -0.4 is 5.73 Å². The fourth-order valence-electron chi connectivity index (χ4n) is 3.46. The zero-order chi connectivity index (χ0) is 16.5. The van der Waals surface area contributed by atoms with Gasteiger partial charge in [-0.25, -0.2) is 0 Å². The Hall–Kier alpha value is -1.06. The Bertz CT molecular complexity index is 480. The highest BCUT2D eigenvalue weighted by Gasteiger charge is 2.35. The highest BCUT2D eigenvalue weighted by atomic mass is 35.5. The van der Waals surface area contributed by atoms with Gasteiger partial charge in [-0.3, -0.25) is 4.79 Å². The number of nitrogens with zero attached hydrogens (tertiary/aromatic N) is 1. The minimum Gasteiger partial charge on any atom is -0.342 e. The number of benzene rings is 1. The van der Waals surface area contributed by atoms with E-state index in [0.717, 1.165) is 64.6 Å². The van der Waals surface area contributed by atoms with E-state index in [0.29, 0.717) is 12.3 Å². The zero-order valence-electron chi connectivity index (χ0n) is 15.0. The SMILES string of the molecule is CC1(CCc2ccccc2)CCN(C(=O)CCCCCCN)C1.Cl. The van der Waals surface area contributed by atoms with Crippen LogP contribution in [0, 0.1) is 5.41 Å². The Morgan fingerprint density at radius 2 is 1.88 bits per heavy atom. The van der Waals surface area contributed by atoms with Gasteiger partial charge in [0.15, 0.2) is 0 Å². The van der Waals surface area contributed by atoms with Crippen molar-refractivity contribution in [3.05, 3.63) is 35.9 Å². The number of carbonyl (C=O) groups is 1. The Morgan fingerprint density at radius 3 is 2.58 bits per heavy atom. The molecule has 1 aliphatic rings. The molecule has 1 amide bonds. The molecular formula is C20H33ClN2O. The van der Waals surface area contributed by atoms with Crippen molar-refractivity contribution in [2.45, 2.75) is 58.3 Å². The second-order valence-electron chi connectivity index (χ2n) is 7.31. The number of likely N-dealkylation sites (tertiary alicyclic amines) is 1. The van der Waals surface area contributed by atoms with Crippen molar-refractivity contribution < 1.29 is 4.79 Å². The molecule has 136 valence electrons. The fraction of sp³-hybridized carbons (Fsp3) is 0.650. The molecule has 1 aromatic carbocycles. The van der Waals surface area contributed by atoms with Crippen molar-refractivity contribution in [1.29, 1.82) is 0 Å². The van der Waals surface area contributed by atoms with Gasteiger partial charge in [0.2, 0.25) is 5.91 Å². The molecule has 2 rings (SSSR count). The fourth-order valence-corrected chi connectivity index (χ4v) is 3.46. The molecule has 0 saturated carbocycles. The van der Waals surface area contributed by atoms with Crippen LogP contribution in [-0.4, -0.2) is 30.4 Å². The van der Waals surface area contributed by atoms with E-state index in [-0.39, 0.29) is 17.8 Å². The number of hydrogen-bond acceptors (Lipinski definition) is 2. The minimum absolute atomic E-state index is 0. The van der Waals surface area contributed by atoms with Crippen LogP contribution in [0.25, 0.3) is 0 Å². The van der Waals surface area contributed by atoms with Crippen LogP contribution in [0.2, 0.25) is 0 Å². The summed E-state index contributed by atoms with van der Waals surface area (Å²) >= 11 is 0. The predicted molar refractivity (Wildman–Crippen MR) is 103 cm³/mol. The van der Waals surface area contributed by atoms with E-state index in [1.807, 2.05) is 0 Å². The summed E-state index contributed by atoms with van der Waals surface area (Å²) in [6.07, 6.45) is 8.49. The molecule has 1 unspecified atom stereocenters. The largest absolute Gasteiger partial charge is 0.342 e. The molecule has 0 spiro atoms. The lowest BCUT2D eigenvalue weighted by molar-refractivity contribution is -0.130. The average Bonchev–Trinajstić information content (AvgIpc) is 2.97. The smallest absolute Gasteiger partial charge is 0.222 e. The highest BCUT2D eigenvalue weighted by molar-refractivity contribution is 5.85. The molecule has 0 radical (unpaired) electrons. The number of hydrogen-bond donors (Lipinski definition) is 1. The summed E-state index contributed by atoms with van der Waals surface area (Å²) in [6, 6.07) is 10.7. The van der Waals surface area contributed by atoms with Crippen LogP contribution in [0.1, 0.15) is 57.4 Å². The van der Waals surface area contributed by atoms with Crippen LogP contribution in [0.4, 0.5) is 0 Å². The monoisotopic (exact) mass is 352 g/mol. The van der Waals surface area contributed by atoms with Gasteiger partial charge >= 0.3 is 0 Å². The van der Waals surface area contributed by atoms with Gasteiger partial charge in [-0.2, -0.15) is 0 Å². The molecule has 1 aliphatic heterocycles. The number of rotatable bonds is 9. The van der Waals surface area contributed by atoms with Crippen molar-refractivity contribution in [3.63, 3.8) is 0 Å². The van der Waals surface area contributed by atoms with Gasteiger partial charge < -0.3 is 10.6 Å². The molecule has 1 saturated heterocycles. The van der Waals surface area contributed by atoms with Crippen molar-refractivity contribution in [2.75, 3.05) is 19.6 Å². The molecule has 24 heavy (non-hydrogen) atoms. The van der Waals surface area contributed by atoms with Gasteiger partial charge in [-0.05, 0) is 49.6 Å². The second-order valence-corrected chi connectivity index (χ2v) is 7.31. The molecule has 0 aliphatic carbocycles. The third-order valence-electron chi connectivity index (χ3n) is 5.12.